The lowest BCUT2D eigenvalue weighted by Crippen LogP contribution is -2.45. The smallest absolute Gasteiger partial charge is 0.228 e. The number of rotatable bonds is 4. The number of aromatic nitrogens is 1. The van der Waals surface area contributed by atoms with E-state index in [2.05, 4.69) is 4.98 Å². The van der Waals surface area contributed by atoms with Crippen molar-refractivity contribution in [2.24, 2.45) is 5.92 Å². The van der Waals surface area contributed by atoms with Gasteiger partial charge in [0.25, 0.3) is 0 Å². The standard InChI is InChI=1S/C18H24N2O4/c21-18(13-6-9-22-11-13)20-10-16(17-15(20)5-3-8-23-17)24-12-14-4-1-2-7-19-14/h1-2,4,7,13,15-17H,3,5-6,8-12H2/t13?,15-,16+,17+/m1/s1. The summed E-state index contributed by atoms with van der Waals surface area (Å²) in [6.45, 7) is 3.05. The summed E-state index contributed by atoms with van der Waals surface area (Å²) in [6, 6.07) is 5.94. The van der Waals surface area contributed by atoms with Crippen LogP contribution >= 0.6 is 0 Å². The molecule has 4 rings (SSSR count). The topological polar surface area (TPSA) is 60.9 Å². The molecule has 0 saturated carbocycles. The van der Waals surface area contributed by atoms with Gasteiger partial charge < -0.3 is 19.1 Å². The molecule has 0 radical (unpaired) electrons. The Hall–Kier alpha value is -1.50. The molecule has 1 unspecified atom stereocenters. The summed E-state index contributed by atoms with van der Waals surface area (Å²) in [6.07, 6.45) is 4.49. The number of ether oxygens (including phenoxy) is 3. The molecule has 0 aromatic carbocycles. The van der Waals surface area contributed by atoms with Crippen LogP contribution in [0, 0.1) is 5.92 Å². The molecule has 3 saturated heterocycles. The summed E-state index contributed by atoms with van der Waals surface area (Å²) in [5.41, 5.74) is 0.902. The first-order valence-electron chi connectivity index (χ1n) is 8.84. The molecule has 130 valence electrons. The van der Waals surface area contributed by atoms with Crippen molar-refractivity contribution in [3.8, 4) is 0 Å². The fraction of sp³-hybridized carbons (Fsp3) is 0.667. The van der Waals surface area contributed by atoms with Crippen LogP contribution in [-0.2, 0) is 25.6 Å². The average molecular weight is 332 g/mol. The van der Waals surface area contributed by atoms with E-state index in [1.807, 2.05) is 23.1 Å². The monoisotopic (exact) mass is 332 g/mol. The van der Waals surface area contributed by atoms with Gasteiger partial charge in [0.15, 0.2) is 0 Å². The summed E-state index contributed by atoms with van der Waals surface area (Å²) in [7, 11) is 0. The Balaban J connectivity index is 1.43. The molecule has 3 aliphatic rings. The molecule has 3 fully saturated rings. The van der Waals surface area contributed by atoms with Crippen LogP contribution in [0.3, 0.4) is 0 Å². The maximum atomic E-state index is 12.8. The van der Waals surface area contributed by atoms with Gasteiger partial charge in [-0.3, -0.25) is 9.78 Å². The van der Waals surface area contributed by atoms with Gasteiger partial charge in [-0.15, -0.1) is 0 Å². The average Bonchev–Trinajstić information content (AvgIpc) is 3.29. The summed E-state index contributed by atoms with van der Waals surface area (Å²) < 4.78 is 17.5. The molecule has 24 heavy (non-hydrogen) atoms. The highest BCUT2D eigenvalue weighted by Gasteiger charge is 2.48. The Morgan fingerprint density at radius 2 is 2.29 bits per heavy atom. The summed E-state index contributed by atoms with van der Waals surface area (Å²) >= 11 is 0. The zero-order chi connectivity index (χ0) is 16.4. The van der Waals surface area contributed by atoms with Crippen molar-refractivity contribution < 1.29 is 19.0 Å². The van der Waals surface area contributed by atoms with E-state index in [1.54, 1.807) is 6.20 Å². The highest BCUT2D eigenvalue weighted by atomic mass is 16.5. The zero-order valence-corrected chi connectivity index (χ0v) is 13.8. The van der Waals surface area contributed by atoms with Crippen molar-refractivity contribution in [3.05, 3.63) is 30.1 Å². The molecule has 6 nitrogen and oxygen atoms in total. The van der Waals surface area contributed by atoms with E-state index in [0.717, 1.165) is 31.6 Å². The summed E-state index contributed by atoms with van der Waals surface area (Å²) in [5.74, 6) is 0.207. The molecule has 0 aliphatic carbocycles. The van der Waals surface area contributed by atoms with E-state index in [0.29, 0.717) is 26.4 Å². The van der Waals surface area contributed by atoms with Crippen molar-refractivity contribution in [2.75, 3.05) is 26.4 Å². The van der Waals surface area contributed by atoms with Crippen molar-refractivity contribution in [2.45, 2.75) is 44.1 Å². The number of fused-ring (bicyclic) bond motifs is 1. The minimum absolute atomic E-state index is 0.00196. The van der Waals surface area contributed by atoms with Gasteiger partial charge in [-0.1, -0.05) is 6.07 Å². The molecule has 0 spiro atoms. The minimum atomic E-state index is -0.0800. The maximum absolute atomic E-state index is 12.8. The van der Waals surface area contributed by atoms with Gasteiger partial charge in [0.05, 0.1) is 30.9 Å². The minimum Gasteiger partial charge on any atom is -0.381 e. The van der Waals surface area contributed by atoms with Crippen molar-refractivity contribution in [1.82, 2.24) is 9.88 Å². The van der Waals surface area contributed by atoms with Gasteiger partial charge in [0, 0.05) is 26.0 Å². The molecule has 0 bridgehead atoms. The van der Waals surface area contributed by atoms with Gasteiger partial charge in [-0.25, -0.2) is 0 Å². The largest absolute Gasteiger partial charge is 0.381 e. The summed E-state index contributed by atoms with van der Waals surface area (Å²) in [4.78, 5) is 19.1. The Bertz CT molecular complexity index is 561. The normalized spacial score (nSPS) is 32.8. The second kappa shape index (κ2) is 7.17. The van der Waals surface area contributed by atoms with E-state index in [1.165, 1.54) is 0 Å². The quantitative estimate of drug-likeness (QED) is 0.834. The maximum Gasteiger partial charge on any atom is 0.228 e. The van der Waals surface area contributed by atoms with E-state index < -0.39 is 0 Å². The van der Waals surface area contributed by atoms with E-state index >= 15 is 0 Å². The molecule has 1 aromatic rings. The molecular weight excluding hydrogens is 308 g/mol. The first kappa shape index (κ1) is 16.0. The number of amides is 1. The van der Waals surface area contributed by atoms with Gasteiger partial charge in [-0.2, -0.15) is 0 Å². The van der Waals surface area contributed by atoms with Crippen LogP contribution in [-0.4, -0.2) is 60.4 Å². The van der Waals surface area contributed by atoms with Gasteiger partial charge in [-0.05, 0) is 31.4 Å². The number of carbonyl (C=O) groups is 1. The Labute approximate surface area is 142 Å². The van der Waals surface area contributed by atoms with Crippen molar-refractivity contribution in [1.29, 1.82) is 0 Å². The van der Waals surface area contributed by atoms with Gasteiger partial charge in [0.2, 0.25) is 5.91 Å². The molecule has 4 heterocycles. The SMILES string of the molecule is O=C(C1CCOC1)N1C[C@H](OCc2ccccn2)[C@H]2OCCC[C@H]21. The van der Waals surface area contributed by atoms with Crippen LogP contribution in [0.1, 0.15) is 25.0 Å². The molecule has 1 aromatic heterocycles. The van der Waals surface area contributed by atoms with Crippen LogP contribution in [0.5, 0.6) is 0 Å². The third kappa shape index (κ3) is 3.18. The van der Waals surface area contributed by atoms with E-state index in [4.69, 9.17) is 14.2 Å². The Morgan fingerprint density at radius 1 is 1.33 bits per heavy atom. The van der Waals surface area contributed by atoms with Crippen LogP contribution in [0.25, 0.3) is 0 Å². The van der Waals surface area contributed by atoms with Crippen molar-refractivity contribution >= 4 is 5.91 Å². The predicted molar refractivity (Wildman–Crippen MR) is 86.2 cm³/mol. The molecule has 1 amide bonds. The van der Waals surface area contributed by atoms with Crippen LogP contribution < -0.4 is 0 Å². The number of hydrogen-bond donors (Lipinski definition) is 0. The number of hydrogen-bond acceptors (Lipinski definition) is 5. The second-order valence-corrected chi connectivity index (χ2v) is 6.77. The third-order valence-corrected chi connectivity index (χ3v) is 5.21. The van der Waals surface area contributed by atoms with E-state index in [9.17, 15) is 4.79 Å². The molecule has 6 heteroatoms. The first-order valence-corrected chi connectivity index (χ1v) is 8.84. The van der Waals surface area contributed by atoms with Crippen molar-refractivity contribution in [3.63, 3.8) is 0 Å². The van der Waals surface area contributed by atoms with Gasteiger partial charge >= 0.3 is 0 Å². The zero-order valence-electron chi connectivity index (χ0n) is 13.8. The Kier molecular flexibility index (Phi) is 4.78. The van der Waals surface area contributed by atoms with Crippen LogP contribution in [0.15, 0.2) is 24.4 Å². The van der Waals surface area contributed by atoms with E-state index in [-0.39, 0.29) is 30.1 Å². The highest BCUT2D eigenvalue weighted by molar-refractivity contribution is 5.80. The second-order valence-electron chi connectivity index (χ2n) is 6.77. The lowest BCUT2D eigenvalue weighted by atomic mass is 10.0. The lowest BCUT2D eigenvalue weighted by molar-refractivity contribution is -0.139. The third-order valence-electron chi connectivity index (χ3n) is 5.21. The molecule has 0 N–H and O–H groups in total. The number of likely N-dealkylation sites (tertiary alicyclic amines) is 1. The fourth-order valence-electron chi connectivity index (χ4n) is 3.95. The number of nitrogens with zero attached hydrogens (tertiary/aromatic N) is 2. The molecular formula is C18H24N2O4. The highest BCUT2D eigenvalue weighted by Crippen LogP contribution is 2.33. The number of carbonyl (C=O) groups excluding carboxylic acids is 1. The first-order chi connectivity index (χ1) is 11.8. The summed E-state index contributed by atoms with van der Waals surface area (Å²) in [5, 5.41) is 0. The predicted octanol–water partition coefficient (Wildman–Crippen LogP) is 1.39. The number of pyridine rings is 1. The molecule has 3 aliphatic heterocycles. The Morgan fingerprint density at radius 3 is 3.08 bits per heavy atom. The fourth-order valence-corrected chi connectivity index (χ4v) is 3.95. The van der Waals surface area contributed by atoms with Crippen LogP contribution in [0.4, 0.5) is 0 Å². The van der Waals surface area contributed by atoms with Crippen LogP contribution in [0.2, 0.25) is 0 Å². The lowest BCUT2D eigenvalue weighted by Gasteiger charge is -2.33. The molecule has 4 atom stereocenters. The van der Waals surface area contributed by atoms with Gasteiger partial charge in [0.1, 0.15) is 12.2 Å².